The summed E-state index contributed by atoms with van der Waals surface area (Å²) in [6, 6.07) is 10.2. The highest BCUT2D eigenvalue weighted by Gasteiger charge is 2.11. The molecule has 2 rings (SSSR count). The van der Waals surface area contributed by atoms with E-state index in [-0.39, 0.29) is 17.5 Å². The fourth-order valence-corrected chi connectivity index (χ4v) is 1.43. The third kappa shape index (κ3) is 1.75. The molecular formula is C11H11NO3. The first kappa shape index (κ1) is 11.0. The van der Waals surface area contributed by atoms with Crippen LogP contribution in [0.2, 0.25) is 0 Å². The van der Waals surface area contributed by atoms with Gasteiger partial charge in [-0.25, -0.2) is 4.79 Å². The number of carboxylic acid groups (broad SMARTS) is 1. The minimum atomic E-state index is -1.12. The van der Waals surface area contributed by atoms with Crippen molar-refractivity contribution in [3.63, 3.8) is 0 Å². The number of rotatable bonds is 1. The van der Waals surface area contributed by atoms with Gasteiger partial charge in [-0.2, -0.15) is 0 Å². The molecule has 0 aliphatic rings. The van der Waals surface area contributed by atoms with Crippen LogP contribution in [0, 0.1) is 0 Å². The molecule has 4 heteroatoms. The van der Waals surface area contributed by atoms with E-state index in [0.717, 1.165) is 5.39 Å². The van der Waals surface area contributed by atoms with Gasteiger partial charge < -0.3 is 16.4 Å². The first-order valence-corrected chi connectivity index (χ1v) is 4.14. The van der Waals surface area contributed by atoms with Gasteiger partial charge in [-0.1, -0.05) is 30.3 Å². The highest BCUT2D eigenvalue weighted by atomic mass is 16.4. The molecule has 0 amide bonds. The van der Waals surface area contributed by atoms with Gasteiger partial charge in [0.2, 0.25) is 0 Å². The summed E-state index contributed by atoms with van der Waals surface area (Å²) in [5.74, 6) is -1.29. The van der Waals surface area contributed by atoms with Crippen LogP contribution in [0.25, 0.3) is 10.8 Å². The Morgan fingerprint density at radius 2 is 1.73 bits per heavy atom. The van der Waals surface area contributed by atoms with Crippen molar-refractivity contribution >= 4 is 16.7 Å². The zero-order chi connectivity index (χ0) is 10.1. The summed E-state index contributed by atoms with van der Waals surface area (Å²) < 4.78 is 0. The van der Waals surface area contributed by atoms with Crippen molar-refractivity contribution in [2.24, 2.45) is 0 Å². The van der Waals surface area contributed by atoms with Crippen molar-refractivity contribution in [3.05, 3.63) is 42.0 Å². The molecule has 4 nitrogen and oxygen atoms in total. The molecule has 0 saturated heterocycles. The molecule has 0 aliphatic carbocycles. The van der Waals surface area contributed by atoms with Gasteiger partial charge in [-0.3, -0.25) is 0 Å². The van der Waals surface area contributed by atoms with Crippen LogP contribution in [0.3, 0.4) is 0 Å². The minimum absolute atomic E-state index is 0. The molecule has 0 unspecified atom stereocenters. The van der Waals surface area contributed by atoms with Crippen molar-refractivity contribution < 1.29 is 15.0 Å². The van der Waals surface area contributed by atoms with Crippen molar-refractivity contribution in [1.29, 1.82) is 0 Å². The van der Waals surface area contributed by atoms with Gasteiger partial charge in [0.1, 0.15) is 11.3 Å². The summed E-state index contributed by atoms with van der Waals surface area (Å²) >= 11 is 0. The molecule has 0 bridgehead atoms. The van der Waals surface area contributed by atoms with E-state index in [1.54, 1.807) is 18.2 Å². The van der Waals surface area contributed by atoms with Gasteiger partial charge in [-0.05, 0) is 11.5 Å². The average molecular weight is 205 g/mol. The van der Waals surface area contributed by atoms with Crippen molar-refractivity contribution in [3.8, 4) is 5.75 Å². The molecule has 2 aromatic carbocycles. The number of aromatic carboxylic acids is 1. The molecular weight excluding hydrogens is 194 g/mol. The predicted octanol–water partition coefficient (Wildman–Crippen LogP) is 2.41. The lowest BCUT2D eigenvalue weighted by Crippen LogP contribution is -1.96. The van der Waals surface area contributed by atoms with Gasteiger partial charge in [0, 0.05) is 5.39 Å². The van der Waals surface area contributed by atoms with Gasteiger partial charge in [0.05, 0.1) is 0 Å². The first-order chi connectivity index (χ1) is 6.70. The van der Waals surface area contributed by atoms with Crippen LogP contribution in [0.5, 0.6) is 5.75 Å². The maximum Gasteiger partial charge on any atom is 0.339 e. The number of benzene rings is 2. The first-order valence-electron chi connectivity index (χ1n) is 4.14. The molecule has 78 valence electrons. The number of phenols is 1. The van der Waals surface area contributed by atoms with Crippen LogP contribution in [0.15, 0.2) is 36.4 Å². The van der Waals surface area contributed by atoms with Crippen LogP contribution < -0.4 is 6.15 Å². The molecule has 0 aromatic heterocycles. The number of carboxylic acids is 1. The van der Waals surface area contributed by atoms with Crippen molar-refractivity contribution in [1.82, 2.24) is 6.15 Å². The fraction of sp³-hybridized carbons (Fsp3) is 0. The van der Waals surface area contributed by atoms with Crippen LogP contribution in [0.1, 0.15) is 10.4 Å². The molecule has 0 radical (unpaired) electrons. The molecule has 0 aliphatic heterocycles. The zero-order valence-corrected chi connectivity index (χ0v) is 7.97. The molecule has 0 heterocycles. The van der Waals surface area contributed by atoms with Gasteiger partial charge >= 0.3 is 5.97 Å². The Morgan fingerprint density at radius 3 is 2.40 bits per heavy atom. The largest absolute Gasteiger partial charge is 0.506 e. The summed E-state index contributed by atoms with van der Waals surface area (Å²) in [6.07, 6.45) is 0. The number of hydrogen-bond acceptors (Lipinski definition) is 3. The zero-order valence-electron chi connectivity index (χ0n) is 7.97. The number of aromatic hydroxyl groups is 1. The van der Waals surface area contributed by atoms with E-state index in [1.165, 1.54) is 6.07 Å². The van der Waals surface area contributed by atoms with Crippen LogP contribution in [-0.4, -0.2) is 16.2 Å². The Kier molecular flexibility index (Phi) is 2.92. The van der Waals surface area contributed by atoms with E-state index in [0.29, 0.717) is 5.39 Å². The number of carbonyl (C=O) groups is 1. The van der Waals surface area contributed by atoms with Crippen LogP contribution in [0.4, 0.5) is 0 Å². The quantitative estimate of drug-likeness (QED) is 0.666. The minimum Gasteiger partial charge on any atom is -0.506 e. The fourth-order valence-electron chi connectivity index (χ4n) is 1.43. The molecule has 2 aromatic rings. The summed E-state index contributed by atoms with van der Waals surface area (Å²) in [4.78, 5) is 10.7. The molecule has 0 fully saturated rings. The molecule has 0 saturated carbocycles. The van der Waals surface area contributed by atoms with E-state index in [4.69, 9.17) is 5.11 Å². The Morgan fingerprint density at radius 1 is 1.07 bits per heavy atom. The summed E-state index contributed by atoms with van der Waals surface area (Å²) in [7, 11) is 0. The standard InChI is InChI=1S/C11H8O3.H3N/c12-10-8-4-2-1-3-7(8)5-6-9(10)11(13)14;/h1-6,12H,(H,13,14);1H3. The average Bonchev–Trinajstić information content (AvgIpc) is 2.18. The summed E-state index contributed by atoms with van der Waals surface area (Å²) in [5.41, 5.74) is -0.0660. The number of hydrogen-bond donors (Lipinski definition) is 3. The highest BCUT2D eigenvalue weighted by molar-refractivity contribution is 6.00. The van der Waals surface area contributed by atoms with Crippen molar-refractivity contribution in [2.75, 3.05) is 0 Å². The second kappa shape index (κ2) is 3.98. The Labute approximate surface area is 86.4 Å². The van der Waals surface area contributed by atoms with Crippen LogP contribution in [-0.2, 0) is 0 Å². The summed E-state index contributed by atoms with van der Waals surface area (Å²) in [5, 5.41) is 19.8. The smallest absolute Gasteiger partial charge is 0.339 e. The van der Waals surface area contributed by atoms with Gasteiger partial charge in [0.25, 0.3) is 0 Å². The third-order valence-corrected chi connectivity index (χ3v) is 2.13. The monoisotopic (exact) mass is 205 g/mol. The lowest BCUT2D eigenvalue weighted by Gasteiger charge is -2.03. The normalized spacial score (nSPS) is 9.60. The topological polar surface area (TPSA) is 92.5 Å². The van der Waals surface area contributed by atoms with Crippen molar-refractivity contribution in [2.45, 2.75) is 0 Å². The van der Waals surface area contributed by atoms with E-state index < -0.39 is 5.97 Å². The highest BCUT2D eigenvalue weighted by Crippen LogP contribution is 2.28. The van der Waals surface area contributed by atoms with E-state index in [1.807, 2.05) is 12.1 Å². The Balaban J connectivity index is 0.00000112. The molecule has 15 heavy (non-hydrogen) atoms. The molecule has 0 atom stereocenters. The van der Waals surface area contributed by atoms with Crippen LogP contribution >= 0.6 is 0 Å². The van der Waals surface area contributed by atoms with E-state index >= 15 is 0 Å². The lowest BCUT2D eigenvalue weighted by molar-refractivity contribution is 0.0694. The summed E-state index contributed by atoms with van der Waals surface area (Å²) in [6.45, 7) is 0. The number of fused-ring (bicyclic) bond motifs is 1. The maximum absolute atomic E-state index is 10.7. The molecule has 5 N–H and O–H groups in total. The maximum atomic E-state index is 10.7. The van der Waals surface area contributed by atoms with Gasteiger partial charge in [-0.15, -0.1) is 0 Å². The van der Waals surface area contributed by atoms with E-state index in [9.17, 15) is 9.90 Å². The second-order valence-corrected chi connectivity index (χ2v) is 2.99. The third-order valence-electron chi connectivity index (χ3n) is 2.13. The molecule has 0 spiro atoms. The van der Waals surface area contributed by atoms with Gasteiger partial charge in [0.15, 0.2) is 0 Å². The Hall–Kier alpha value is -2.07. The predicted molar refractivity (Wildman–Crippen MR) is 57.6 cm³/mol. The SMILES string of the molecule is N.O=C(O)c1ccc2ccccc2c1O. The van der Waals surface area contributed by atoms with E-state index in [2.05, 4.69) is 0 Å². The lowest BCUT2D eigenvalue weighted by atomic mass is 10.1. The Bertz CT molecular complexity index is 508. The second-order valence-electron chi connectivity index (χ2n) is 2.99.